The first-order valence-corrected chi connectivity index (χ1v) is 6.59. The SMILES string of the molecule is COc1ccccc1C(=O)N(C)c1ccc(Br)cc1. The van der Waals surface area contributed by atoms with Gasteiger partial charge >= 0.3 is 0 Å². The molecule has 0 heterocycles. The van der Waals surface area contributed by atoms with Crippen LogP contribution in [-0.2, 0) is 0 Å². The van der Waals surface area contributed by atoms with Crippen LogP contribution in [0.3, 0.4) is 0 Å². The number of ether oxygens (including phenoxy) is 1. The summed E-state index contributed by atoms with van der Waals surface area (Å²) >= 11 is 3.38. The van der Waals surface area contributed by atoms with Crippen LogP contribution in [0.4, 0.5) is 5.69 Å². The Morgan fingerprint density at radius 1 is 1.11 bits per heavy atom. The normalized spacial score (nSPS) is 10.1. The second-order valence-electron chi connectivity index (χ2n) is 4.04. The summed E-state index contributed by atoms with van der Waals surface area (Å²) in [5.41, 5.74) is 1.38. The number of methoxy groups -OCH3 is 1. The fourth-order valence-corrected chi connectivity index (χ4v) is 2.05. The van der Waals surface area contributed by atoms with Gasteiger partial charge in [0.1, 0.15) is 5.75 Å². The summed E-state index contributed by atoms with van der Waals surface area (Å²) in [7, 11) is 3.31. The van der Waals surface area contributed by atoms with Crippen LogP contribution in [0, 0.1) is 0 Å². The Labute approximate surface area is 120 Å². The van der Waals surface area contributed by atoms with Crippen LogP contribution >= 0.6 is 15.9 Å². The first-order valence-electron chi connectivity index (χ1n) is 5.80. The lowest BCUT2D eigenvalue weighted by Crippen LogP contribution is -2.26. The molecule has 2 rings (SSSR count). The van der Waals surface area contributed by atoms with Gasteiger partial charge in [-0.1, -0.05) is 28.1 Å². The molecule has 0 N–H and O–H groups in total. The van der Waals surface area contributed by atoms with E-state index in [2.05, 4.69) is 15.9 Å². The van der Waals surface area contributed by atoms with E-state index in [1.54, 1.807) is 31.2 Å². The topological polar surface area (TPSA) is 29.5 Å². The number of anilines is 1. The van der Waals surface area contributed by atoms with E-state index >= 15 is 0 Å². The number of carbonyl (C=O) groups is 1. The Kier molecular flexibility index (Phi) is 4.22. The van der Waals surface area contributed by atoms with Crippen LogP contribution in [0.2, 0.25) is 0 Å². The summed E-state index contributed by atoms with van der Waals surface area (Å²) in [6, 6.07) is 14.8. The molecule has 0 unspecified atom stereocenters. The molecule has 0 radical (unpaired) electrons. The van der Waals surface area contributed by atoms with Crippen molar-refractivity contribution in [3.05, 3.63) is 58.6 Å². The molecular formula is C15H14BrNO2. The summed E-state index contributed by atoms with van der Waals surface area (Å²) in [5, 5.41) is 0. The van der Waals surface area contributed by atoms with Gasteiger partial charge in [0.2, 0.25) is 0 Å². The minimum atomic E-state index is -0.0974. The molecule has 0 saturated heterocycles. The Balaban J connectivity index is 2.30. The molecule has 3 nitrogen and oxygen atoms in total. The first kappa shape index (κ1) is 13.6. The predicted molar refractivity (Wildman–Crippen MR) is 79.9 cm³/mol. The first-order chi connectivity index (χ1) is 9.13. The number of para-hydroxylation sites is 1. The Bertz CT molecular complexity index is 581. The maximum Gasteiger partial charge on any atom is 0.261 e. The minimum absolute atomic E-state index is 0.0974. The number of hydrogen-bond donors (Lipinski definition) is 0. The highest BCUT2D eigenvalue weighted by atomic mass is 79.9. The van der Waals surface area contributed by atoms with Gasteiger partial charge in [-0.3, -0.25) is 4.79 Å². The summed E-state index contributed by atoms with van der Waals surface area (Å²) in [6.07, 6.45) is 0. The second-order valence-corrected chi connectivity index (χ2v) is 4.96. The smallest absolute Gasteiger partial charge is 0.261 e. The van der Waals surface area contributed by atoms with Crippen LogP contribution in [0.15, 0.2) is 53.0 Å². The van der Waals surface area contributed by atoms with Gasteiger partial charge < -0.3 is 9.64 Å². The van der Waals surface area contributed by atoms with E-state index in [9.17, 15) is 4.79 Å². The summed E-state index contributed by atoms with van der Waals surface area (Å²) < 4.78 is 6.20. The lowest BCUT2D eigenvalue weighted by Gasteiger charge is -2.18. The van der Waals surface area contributed by atoms with Crippen LogP contribution in [-0.4, -0.2) is 20.1 Å². The van der Waals surface area contributed by atoms with E-state index in [0.29, 0.717) is 11.3 Å². The Morgan fingerprint density at radius 3 is 2.37 bits per heavy atom. The summed E-state index contributed by atoms with van der Waals surface area (Å²) in [5.74, 6) is 0.483. The average Bonchev–Trinajstić information content (AvgIpc) is 2.46. The highest BCUT2D eigenvalue weighted by Gasteiger charge is 2.17. The van der Waals surface area contributed by atoms with E-state index in [0.717, 1.165) is 10.2 Å². The molecule has 2 aromatic rings. The molecule has 0 fully saturated rings. The fraction of sp³-hybridized carbons (Fsp3) is 0.133. The van der Waals surface area contributed by atoms with Crippen molar-refractivity contribution in [2.45, 2.75) is 0 Å². The van der Waals surface area contributed by atoms with E-state index in [-0.39, 0.29) is 5.91 Å². The predicted octanol–water partition coefficient (Wildman–Crippen LogP) is 3.73. The number of carbonyl (C=O) groups excluding carboxylic acids is 1. The van der Waals surface area contributed by atoms with Gasteiger partial charge in [-0.25, -0.2) is 0 Å². The third-order valence-electron chi connectivity index (χ3n) is 2.86. The van der Waals surface area contributed by atoms with Gasteiger partial charge in [0.15, 0.2) is 0 Å². The van der Waals surface area contributed by atoms with Crippen LogP contribution < -0.4 is 9.64 Å². The summed E-state index contributed by atoms with van der Waals surface area (Å²) in [6.45, 7) is 0. The van der Waals surface area contributed by atoms with Crippen molar-refractivity contribution in [2.75, 3.05) is 19.1 Å². The number of nitrogens with zero attached hydrogens (tertiary/aromatic N) is 1. The molecule has 0 aliphatic rings. The monoisotopic (exact) mass is 319 g/mol. The molecule has 1 amide bonds. The van der Waals surface area contributed by atoms with Gasteiger partial charge in [0, 0.05) is 17.2 Å². The molecule has 0 aliphatic heterocycles. The lowest BCUT2D eigenvalue weighted by atomic mass is 10.1. The third kappa shape index (κ3) is 2.96. The number of halogens is 1. The van der Waals surface area contributed by atoms with Crippen molar-refractivity contribution in [3.8, 4) is 5.75 Å². The third-order valence-corrected chi connectivity index (χ3v) is 3.38. The van der Waals surface area contributed by atoms with Crippen molar-refractivity contribution in [1.29, 1.82) is 0 Å². The number of benzene rings is 2. The molecule has 98 valence electrons. The fourth-order valence-electron chi connectivity index (χ4n) is 1.78. The molecule has 0 bridgehead atoms. The maximum atomic E-state index is 12.4. The molecule has 0 saturated carbocycles. The van der Waals surface area contributed by atoms with Gasteiger partial charge in [0.05, 0.1) is 12.7 Å². The molecule has 19 heavy (non-hydrogen) atoms. The van der Waals surface area contributed by atoms with Crippen molar-refractivity contribution < 1.29 is 9.53 Å². The molecular weight excluding hydrogens is 306 g/mol. The number of amides is 1. The van der Waals surface area contributed by atoms with Crippen molar-refractivity contribution >= 4 is 27.5 Å². The molecule has 0 aromatic heterocycles. The largest absolute Gasteiger partial charge is 0.496 e. The van der Waals surface area contributed by atoms with Gasteiger partial charge in [-0.05, 0) is 36.4 Å². The van der Waals surface area contributed by atoms with Crippen molar-refractivity contribution in [2.24, 2.45) is 0 Å². The van der Waals surface area contributed by atoms with Crippen LogP contribution in [0.1, 0.15) is 10.4 Å². The molecule has 4 heteroatoms. The van der Waals surface area contributed by atoms with Crippen molar-refractivity contribution in [3.63, 3.8) is 0 Å². The molecule has 0 spiro atoms. The van der Waals surface area contributed by atoms with E-state index in [1.165, 1.54) is 0 Å². The van der Waals surface area contributed by atoms with Gasteiger partial charge in [-0.2, -0.15) is 0 Å². The minimum Gasteiger partial charge on any atom is -0.496 e. The number of hydrogen-bond acceptors (Lipinski definition) is 2. The maximum absolute atomic E-state index is 12.4. The lowest BCUT2D eigenvalue weighted by molar-refractivity contribution is 0.0990. The van der Waals surface area contributed by atoms with Crippen LogP contribution in [0.5, 0.6) is 5.75 Å². The second kappa shape index (κ2) is 5.89. The Morgan fingerprint density at radius 2 is 1.74 bits per heavy atom. The zero-order valence-corrected chi connectivity index (χ0v) is 12.3. The molecule has 0 atom stereocenters. The standard InChI is InChI=1S/C15H14BrNO2/c1-17(12-9-7-11(16)8-10-12)15(18)13-5-3-4-6-14(13)19-2/h3-10H,1-2H3. The molecule has 0 aliphatic carbocycles. The molecule has 2 aromatic carbocycles. The zero-order chi connectivity index (χ0) is 13.8. The Hall–Kier alpha value is -1.81. The number of rotatable bonds is 3. The quantitative estimate of drug-likeness (QED) is 0.862. The van der Waals surface area contributed by atoms with Gasteiger partial charge in [0.25, 0.3) is 5.91 Å². The van der Waals surface area contributed by atoms with E-state index in [1.807, 2.05) is 36.4 Å². The highest BCUT2D eigenvalue weighted by Crippen LogP contribution is 2.23. The zero-order valence-electron chi connectivity index (χ0n) is 10.8. The van der Waals surface area contributed by atoms with Crippen molar-refractivity contribution in [1.82, 2.24) is 0 Å². The summed E-state index contributed by atoms with van der Waals surface area (Å²) in [4.78, 5) is 14.0. The average molecular weight is 320 g/mol. The van der Waals surface area contributed by atoms with E-state index < -0.39 is 0 Å². The van der Waals surface area contributed by atoms with Gasteiger partial charge in [-0.15, -0.1) is 0 Å². The van der Waals surface area contributed by atoms with E-state index in [4.69, 9.17) is 4.74 Å². The highest BCUT2D eigenvalue weighted by molar-refractivity contribution is 9.10. The van der Waals surface area contributed by atoms with Crippen LogP contribution in [0.25, 0.3) is 0 Å².